The molecule has 25 heavy (non-hydrogen) atoms. The van der Waals surface area contributed by atoms with Gasteiger partial charge in [-0.25, -0.2) is 0 Å². The number of methoxy groups -OCH3 is 1. The summed E-state index contributed by atoms with van der Waals surface area (Å²) >= 11 is 0. The number of benzene rings is 1. The molecule has 4 rings (SSSR count). The highest BCUT2D eigenvalue weighted by Gasteiger charge is 2.38. The molecule has 3 aliphatic carbocycles. The predicted octanol–water partition coefficient (Wildman–Crippen LogP) is 5.98. The summed E-state index contributed by atoms with van der Waals surface area (Å²) in [5.74, 6) is 3.90. The average Bonchev–Trinajstić information content (AvgIpc) is 2.67. The largest absolute Gasteiger partial charge is 0.381 e. The molecule has 1 nitrogen and oxygen atoms in total. The van der Waals surface area contributed by atoms with E-state index in [1.165, 1.54) is 70.6 Å². The van der Waals surface area contributed by atoms with Crippen LogP contribution in [-0.2, 0) is 24.0 Å². The molecule has 0 saturated heterocycles. The van der Waals surface area contributed by atoms with Crippen LogP contribution in [0.15, 0.2) is 18.2 Å². The summed E-state index contributed by atoms with van der Waals surface area (Å²) in [7, 11) is 1.90. The molecule has 0 aliphatic heterocycles. The lowest BCUT2D eigenvalue weighted by atomic mass is 9.62. The van der Waals surface area contributed by atoms with Gasteiger partial charge >= 0.3 is 0 Å². The zero-order valence-corrected chi connectivity index (χ0v) is 16.3. The van der Waals surface area contributed by atoms with Crippen LogP contribution >= 0.6 is 0 Å². The number of aryl methyl sites for hydroxylation is 2. The third-order valence-corrected chi connectivity index (χ3v) is 7.68. The minimum absolute atomic E-state index is 0.552. The fourth-order valence-electron chi connectivity index (χ4n) is 6.21. The summed E-state index contributed by atoms with van der Waals surface area (Å²) < 4.78 is 5.65. The lowest BCUT2D eigenvalue weighted by molar-refractivity contribution is -0.000899. The molecule has 3 unspecified atom stereocenters. The van der Waals surface area contributed by atoms with Crippen molar-refractivity contribution in [3.63, 3.8) is 0 Å². The van der Waals surface area contributed by atoms with Crippen molar-refractivity contribution in [3.05, 3.63) is 34.9 Å². The molecule has 1 heteroatoms. The lowest BCUT2D eigenvalue weighted by Gasteiger charge is -2.44. The van der Waals surface area contributed by atoms with Gasteiger partial charge in [0.1, 0.15) is 0 Å². The Hall–Kier alpha value is -0.820. The SMILES string of the molecule is CCCc1ccc2c(c1)CCC(C1CCC3C[C@H](OC)CC[C@@H]3C1)C2. The van der Waals surface area contributed by atoms with Gasteiger partial charge in [0.15, 0.2) is 0 Å². The second-order valence-electron chi connectivity index (χ2n) is 9.12. The van der Waals surface area contributed by atoms with Gasteiger partial charge in [-0.2, -0.15) is 0 Å². The van der Waals surface area contributed by atoms with Crippen LogP contribution in [-0.4, -0.2) is 13.2 Å². The molecule has 0 spiro atoms. The van der Waals surface area contributed by atoms with Crippen LogP contribution in [0.4, 0.5) is 0 Å². The summed E-state index contributed by atoms with van der Waals surface area (Å²) in [5, 5.41) is 0. The maximum absolute atomic E-state index is 5.65. The van der Waals surface area contributed by atoms with Crippen LogP contribution in [0.25, 0.3) is 0 Å². The third-order valence-electron chi connectivity index (χ3n) is 7.68. The molecule has 1 aromatic rings. The fraction of sp³-hybridized carbons (Fsp3) is 0.750. The van der Waals surface area contributed by atoms with Crippen molar-refractivity contribution in [2.75, 3.05) is 7.11 Å². The van der Waals surface area contributed by atoms with Crippen LogP contribution in [0.2, 0.25) is 0 Å². The maximum Gasteiger partial charge on any atom is 0.0574 e. The first-order valence-electron chi connectivity index (χ1n) is 10.9. The first-order valence-corrected chi connectivity index (χ1v) is 10.9. The van der Waals surface area contributed by atoms with E-state index in [-0.39, 0.29) is 0 Å². The van der Waals surface area contributed by atoms with Crippen molar-refractivity contribution in [2.45, 2.75) is 83.7 Å². The van der Waals surface area contributed by atoms with E-state index in [9.17, 15) is 0 Å². The zero-order valence-electron chi connectivity index (χ0n) is 16.3. The van der Waals surface area contributed by atoms with Gasteiger partial charge in [0.05, 0.1) is 6.10 Å². The molecule has 2 fully saturated rings. The number of rotatable bonds is 4. The molecule has 5 atom stereocenters. The van der Waals surface area contributed by atoms with Crippen molar-refractivity contribution >= 4 is 0 Å². The summed E-state index contributed by atoms with van der Waals surface area (Å²) in [6, 6.07) is 7.37. The molecular weight excluding hydrogens is 304 g/mol. The van der Waals surface area contributed by atoms with Gasteiger partial charge in [0, 0.05) is 7.11 Å². The van der Waals surface area contributed by atoms with Crippen LogP contribution in [0, 0.1) is 23.7 Å². The number of fused-ring (bicyclic) bond motifs is 2. The number of ether oxygens (including phenoxy) is 1. The summed E-state index contributed by atoms with van der Waals surface area (Å²) in [5.41, 5.74) is 4.88. The fourth-order valence-corrected chi connectivity index (χ4v) is 6.21. The quantitative estimate of drug-likeness (QED) is 0.655. The van der Waals surface area contributed by atoms with Gasteiger partial charge in [-0.1, -0.05) is 31.5 Å². The van der Waals surface area contributed by atoms with Gasteiger partial charge in [-0.3, -0.25) is 0 Å². The highest BCUT2D eigenvalue weighted by atomic mass is 16.5. The Morgan fingerprint density at radius 3 is 2.44 bits per heavy atom. The van der Waals surface area contributed by atoms with E-state index >= 15 is 0 Å². The zero-order chi connectivity index (χ0) is 17.2. The molecule has 0 bridgehead atoms. The van der Waals surface area contributed by atoms with E-state index in [4.69, 9.17) is 4.74 Å². The van der Waals surface area contributed by atoms with E-state index in [1.54, 1.807) is 16.7 Å². The van der Waals surface area contributed by atoms with Crippen LogP contribution in [0.3, 0.4) is 0 Å². The van der Waals surface area contributed by atoms with Crippen molar-refractivity contribution in [1.29, 1.82) is 0 Å². The Labute approximate surface area is 154 Å². The molecule has 0 amide bonds. The molecule has 0 N–H and O–H groups in total. The van der Waals surface area contributed by atoms with Crippen molar-refractivity contribution in [2.24, 2.45) is 23.7 Å². The van der Waals surface area contributed by atoms with Crippen LogP contribution in [0.5, 0.6) is 0 Å². The monoisotopic (exact) mass is 340 g/mol. The summed E-state index contributed by atoms with van der Waals surface area (Å²) in [4.78, 5) is 0. The molecule has 0 aromatic heterocycles. The van der Waals surface area contributed by atoms with Crippen LogP contribution < -0.4 is 0 Å². The molecule has 0 radical (unpaired) electrons. The number of hydrogen-bond donors (Lipinski definition) is 0. The number of hydrogen-bond acceptors (Lipinski definition) is 1. The first kappa shape index (κ1) is 17.6. The van der Waals surface area contributed by atoms with Gasteiger partial charge in [-0.05, 0) is 105 Å². The minimum Gasteiger partial charge on any atom is -0.381 e. The summed E-state index contributed by atoms with van der Waals surface area (Å²) in [6.45, 7) is 2.28. The van der Waals surface area contributed by atoms with Crippen molar-refractivity contribution in [1.82, 2.24) is 0 Å². The Morgan fingerprint density at radius 2 is 1.64 bits per heavy atom. The van der Waals surface area contributed by atoms with Crippen LogP contribution in [0.1, 0.15) is 75.0 Å². The molecule has 0 heterocycles. The maximum atomic E-state index is 5.65. The second-order valence-corrected chi connectivity index (χ2v) is 9.12. The van der Waals surface area contributed by atoms with Gasteiger partial charge in [0.2, 0.25) is 0 Å². The van der Waals surface area contributed by atoms with E-state index in [0.29, 0.717) is 6.10 Å². The molecule has 138 valence electrons. The molecular formula is C24H36O. The molecule has 2 saturated carbocycles. The van der Waals surface area contributed by atoms with E-state index in [0.717, 1.165) is 23.7 Å². The van der Waals surface area contributed by atoms with Crippen molar-refractivity contribution in [3.8, 4) is 0 Å². The van der Waals surface area contributed by atoms with Crippen molar-refractivity contribution < 1.29 is 4.74 Å². The van der Waals surface area contributed by atoms with Gasteiger partial charge in [-0.15, -0.1) is 0 Å². The third kappa shape index (κ3) is 3.82. The Kier molecular flexibility index (Phi) is 5.50. The van der Waals surface area contributed by atoms with Gasteiger partial charge in [0.25, 0.3) is 0 Å². The van der Waals surface area contributed by atoms with E-state index in [1.807, 2.05) is 7.11 Å². The predicted molar refractivity (Wildman–Crippen MR) is 105 cm³/mol. The highest BCUT2D eigenvalue weighted by molar-refractivity contribution is 5.34. The van der Waals surface area contributed by atoms with E-state index in [2.05, 4.69) is 25.1 Å². The standard InChI is InChI=1S/C24H36O/c1-3-4-17-5-6-19-14-20(8-7-18(19)13-17)21-9-10-23-16-24(25-2)12-11-22(23)15-21/h5-6,13,20-24H,3-4,7-12,14-16H2,1-2H3/t20?,21?,22-,23?,24-/m1/s1. The molecule has 1 aromatic carbocycles. The average molecular weight is 341 g/mol. The Balaban J connectivity index is 1.38. The second kappa shape index (κ2) is 7.82. The highest BCUT2D eigenvalue weighted by Crippen LogP contribution is 2.47. The van der Waals surface area contributed by atoms with Gasteiger partial charge < -0.3 is 4.74 Å². The summed E-state index contributed by atoms with van der Waals surface area (Å²) in [6.07, 6.45) is 15.7. The molecule has 3 aliphatic rings. The minimum atomic E-state index is 0.552. The first-order chi connectivity index (χ1) is 12.3. The Morgan fingerprint density at radius 1 is 0.880 bits per heavy atom. The normalized spacial score (nSPS) is 35.0. The van der Waals surface area contributed by atoms with E-state index < -0.39 is 0 Å². The lowest BCUT2D eigenvalue weighted by Crippen LogP contribution is -2.36. The Bertz CT molecular complexity index is 577. The smallest absolute Gasteiger partial charge is 0.0574 e. The topological polar surface area (TPSA) is 9.23 Å².